The monoisotopic (exact) mass is 347 g/mol. The third-order valence-corrected chi connectivity index (χ3v) is 3.92. The molecule has 1 aromatic carbocycles. The summed E-state index contributed by atoms with van der Waals surface area (Å²) in [5.41, 5.74) is 3.31. The van der Waals surface area contributed by atoms with Crippen molar-refractivity contribution < 1.29 is 4.39 Å². The van der Waals surface area contributed by atoms with E-state index in [4.69, 9.17) is 23.2 Å². The molecule has 3 aromatic rings. The van der Waals surface area contributed by atoms with Crippen molar-refractivity contribution in [1.29, 1.82) is 0 Å². The number of benzene rings is 1. The Kier molecular flexibility index (Phi) is 4.74. The van der Waals surface area contributed by atoms with Gasteiger partial charge in [-0.05, 0) is 41.5 Å². The van der Waals surface area contributed by atoms with Gasteiger partial charge in [-0.15, -0.1) is 0 Å². The fraction of sp³-hybridized carbons (Fsp3) is 0.0588. The minimum Gasteiger partial charge on any atom is -0.380 e. The number of nitrogens with one attached hydrogen (secondary N) is 1. The fourth-order valence-electron chi connectivity index (χ4n) is 2.13. The Balaban J connectivity index is 1.80. The van der Waals surface area contributed by atoms with Crippen molar-refractivity contribution in [2.45, 2.75) is 6.54 Å². The predicted molar refractivity (Wildman–Crippen MR) is 91.2 cm³/mol. The Morgan fingerprint density at radius 3 is 2.57 bits per heavy atom. The van der Waals surface area contributed by atoms with Gasteiger partial charge in [-0.2, -0.15) is 0 Å². The van der Waals surface area contributed by atoms with Crippen LogP contribution in [0.2, 0.25) is 10.2 Å². The summed E-state index contributed by atoms with van der Waals surface area (Å²) in [6.07, 6.45) is 5.03. The summed E-state index contributed by atoms with van der Waals surface area (Å²) in [6, 6.07) is 10.3. The summed E-state index contributed by atoms with van der Waals surface area (Å²) >= 11 is 11.8. The lowest BCUT2D eigenvalue weighted by Crippen LogP contribution is -2.01. The highest BCUT2D eigenvalue weighted by atomic mass is 35.5. The van der Waals surface area contributed by atoms with Crippen LogP contribution in [-0.4, -0.2) is 9.97 Å². The van der Waals surface area contributed by atoms with Gasteiger partial charge in [0.25, 0.3) is 0 Å². The standard InChI is InChI=1S/C17H12Cl2FN3/c18-15-2-1-11(7-16(15)20)9-22-13-8-14(17(19)23-10-13)12-3-5-21-6-4-12/h1-8,10,22H,9H2. The predicted octanol–water partition coefficient (Wildman–Crippen LogP) is 5.20. The van der Waals surface area contributed by atoms with Gasteiger partial charge in [-0.1, -0.05) is 29.3 Å². The molecule has 0 bridgehead atoms. The van der Waals surface area contributed by atoms with Crippen LogP contribution in [-0.2, 0) is 6.54 Å². The number of hydrogen-bond acceptors (Lipinski definition) is 3. The highest BCUT2D eigenvalue weighted by Gasteiger charge is 2.07. The van der Waals surface area contributed by atoms with Gasteiger partial charge in [0.05, 0.1) is 16.9 Å². The number of hydrogen-bond donors (Lipinski definition) is 1. The molecule has 2 heterocycles. The molecular formula is C17H12Cl2FN3. The number of pyridine rings is 2. The Morgan fingerprint density at radius 1 is 1.04 bits per heavy atom. The van der Waals surface area contributed by atoms with Crippen molar-refractivity contribution in [2.24, 2.45) is 0 Å². The molecule has 0 amide bonds. The van der Waals surface area contributed by atoms with E-state index < -0.39 is 5.82 Å². The second-order valence-corrected chi connectivity index (χ2v) is 5.67. The van der Waals surface area contributed by atoms with E-state index in [9.17, 15) is 4.39 Å². The van der Waals surface area contributed by atoms with E-state index in [0.29, 0.717) is 11.7 Å². The van der Waals surface area contributed by atoms with Gasteiger partial charge in [0.1, 0.15) is 11.0 Å². The zero-order valence-electron chi connectivity index (χ0n) is 11.9. The van der Waals surface area contributed by atoms with E-state index in [1.807, 2.05) is 18.2 Å². The molecular weight excluding hydrogens is 336 g/mol. The molecule has 0 atom stereocenters. The second kappa shape index (κ2) is 6.94. The SMILES string of the molecule is Fc1cc(CNc2cnc(Cl)c(-c3ccncc3)c2)ccc1Cl. The molecule has 23 heavy (non-hydrogen) atoms. The maximum absolute atomic E-state index is 13.4. The molecule has 6 heteroatoms. The number of aromatic nitrogens is 2. The number of nitrogens with zero attached hydrogens (tertiary/aromatic N) is 2. The normalized spacial score (nSPS) is 10.6. The quantitative estimate of drug-likeness (QED) is 0.659. The van der Waals surface area contributed by atoms with E-state index in [2.05, 4.69) is 15.3 Å². The first kappa shape index (κ1) is 15.7. The minimum atomic E-state index is -0.433. The molecule has 0 unspecified atom stereocenters. The number of anilines is 1. The molecule has 0 aliphatic carbocycles. The molecule has 0 aliphatic heterocycles. The van der Waals surface area contributed by atoms with Crippen molar-refractivity contribution in [3.8, 4) is 11.1 Å². The zero-order chi connectivity index (χ0) is 16.2. The van der Waals surface area contributed by atoms with E-state index in [1.54, 1.807) is 24.7 Å². The average molecular weight is 348 g/mol. The van der Waals surface area contributed by atoms with Crippen LogP contribution in [0.15, 0.2) is 55.0 Å². The van der Waals surface area contributed by atoms with Crippen LogP contribution >= 0.6 is 23.2 Å². The Morgan fingerprint density at radius 2 is 1.83 bits per heavy atom. The molecule has 3 rings (SSSR count). The van der Waals surface area contributed by atoms with Gasteiger partial charge in [-0.25, -0.2) is 9.37 Å². The molecule has 116 valence electrons. The van der Waals surface area contributed by atoms with E-state index in [0.717, 1.165) is 22.4 Å². The van der Waals surface area contributed by atoms with Gasteiger partial charge >= 0.3 is 0 Å². The third kappa shape index (κ3) is 3.78. The molecule has 1 N–H and O–H groups in total. The average Bonchev–Trinajstić information content (AvgIpc) is 2.58. The van der Waals surface area contributed by atoms with Crippen LogP contribution in [0.25, 0.3) is 11.1 Å². The van der Waals surface area contributed by atoms with Crippen LogP contribution in [0.1, 0.15) is 5.56 Å². The maximum Gasteiger partial charge on any atom is 0.142 e. The van der Waals surface area contributed by atoms with Crippen LogP contribution in [0.4, 0.5) is 10.1 Å². The molecule has 0 saturated heterocycles. The van der Waals surface area contributed by atoms with Crippen molar-refractivity contribution in [3.63, 3.8) is 0 Å². The van der Waals surface area contributed by atoms with Gasteiger partial charge in [-0.3, -0.25) is 4.98 Å². The summed E-state index contributed by atoms with van der Waals surface area (Å²) in [6.45, 7) is 0.452. The molecule has 2 aromatic heterocycles. The van der Waals surface area contributed by atoms with Crippen LogP contribution < -0.4 is 5.32 Å². The molecule has 0 radical (unpaired) electrons. The minimum absolute atomic E-state index is 0.113. The van der Waals surface area contributed by atoms with Crippen molar-refractivity contribution >= 4 is 28.9 Å². The van der Waals surface area contributed by atoms with Gasteiger partial charge in [0.2, 0.25) is 0 Å². The summed E-state index contributed by atoms with van der Waals surface area (Å²) in [5, 5.41) is 3.73. The van der Waals surface area contributed by atoms with Gasteiger partial charge in [0, 0.05) is 24.5 Å². The van der Waals surface area contributed by atoms with Crippen LogP contribution in [0.5, 0.6) is 0 Å². The van der Waals surface area contributed by atoms with Crippen LogP contribution in [0.3, 0.4) is 0 Å². The zero-order valence-corrected chi connectivity index (χ0v) is 13.4. The van der Waals surface area contributed by atoms with Gasteiger partial charge in [0.15, 0.2) is 0 Å². The van der Waals surface area contributed by atoms with E-state index in [1.165, 1.54) is 12.1 Å². The highest BCUT2D eigenvalue weighted by Crippen LogP contribution is 2.28. The first-order valence-corrected chi connectivity index (χ1v) is 7.63. The smallest absolute Gasteiger partial charge is 0.142 e. The molecule has 0 saturated carbocycles. The largest absolute Gasteiger partial charge is 0.380 e. The number of rotatable bonds is 4. The summed E-state index contributed by atoms with van der Waals surface area (Å²) in [4.78, 5) is 8.18. The van der Waals surface area contributed by atoms with Crippen molar-refractivity contribution in [1.82, 2.24) is 9.97 Å². The first-order valence-electron chi connectivity index (χ1n) is 6.87. The summed E-state index contributed by atoms with van der Waals surface area (Å²) in [5.74, 6) is -0.433. The van der Waals surface area contributed by atoms with E-state index >= 15 is 0 Å². The first-order chi connectivity index (χ1) is 11.1. The fourth-order valence-corrected chi connectivity index (χ4v) is 2.46. The molecule has 0 spiro atoms. The van der Waals surface area contributed by atoms with Crippen molar-refractivity contribution in [2.75, 3.05) is 5.32 Å². The van der Waals surface area contributed by atoms with Gasteiger partial charge < -0.3 is 5.32 Å². The Bertz CT molecular complexity index is 825. The lowest BCUT2D eigenvalue weighted by atomic mass is 10.1. The molecule has 3 nitrogen and oxygen atoms in total. The Labute approximate surface area is 143 Å². The molecule has 0 aliphatic rings. The van der Waals surface area contributed by atoms with Crippen molar-refractivity contribution in [3.05, 3.63) is 76.5 Å². The lowest BCUT2D eigenvalue weighted by Gasteiger charge is -2.10. The number of halogens is 3. The Hall–Kier alpha value is -2.17. The maximum atomic E-state index is 13.4. The third-order valence-electron chi connectivity index (χ3n) is 3.31. The topological polar surface area (TPSA) is 37.8 Å². The lowest BCUT2D eigenvalue weighted by molar-refractivity contribution is 0.626. The summed E-state index contributed by atoms with van der Waals surface area (Å²) in [7, 11) is 0. The highest BCUT2D eigenvalue weighted by molar-refractivity contribution is 6.32. The molecule has 0 fully saturated rings. The second-order valence-electron chi connectivity index (χ2n) is 4.90. The van der Waals surface area contributed by atoms with Crippen LogP contribution in [0, 0.1) is 5.82 Å². The summed E-state index contributed by atoms with van der Waals surface area (Å²) < 4.78 is 13.4. The van der Waals surface area contributed by atoms with E-state index in [-0.39, 0.29) is 5.02 Å².